The fourth-order valence-electron chi connectivity index (χ4n) is 2.53. The van der Waals surface area contributed by atoms with Crippen LogP contribution in [-0.2, 0) is 0 Å². The van der Waals surface area contributed by atoms with Gasteiger partial charge in [-0.15, -0.1) is 11.3 Å². The number of piperazine rings is 1. The Kier molecular flexibility index (Phi) is 4.05. The van der Waals surface area contributed by atoms with Gasteiger partial charge in [-0.25, -0.2) is 0 Å². The van der Waals surface area contributed by atoms with Crippen molar-refractivity contribution in [2.75, 3.05) is 26.2 Å². The maximum atomic E-state index is 12.3. The number of rotatable bonds is 2. The van der Waals surface area contributed by atoms with Crippen molar-refractivity contribution < 1.29 is 9.69 Å². The highest BCUT2D eigenvalue weighted by atomic mass is 35.5. The van der Waals surface area contributed by atoms with Gasteiger partial charge in [0.2, 0.25) is 0 Å². The minimum absolute atomic E-state index is 0.158. The lowest BCUT2D eigenvalue weighted by molar-refractivity contribution is -0.837. The second-order valence-corrected chi connectivity index (χ2v) is 6.27. The van der Waals surface area contributed by atoms with Gasteiger partial charge in [-0.2, -0.15) is 0 Å². The zero-order chi connectivity index (χ0) is 13.9. The Hall–Kier alpha value is -1.36. The van der Waals surface area contributed by atoms with Gasteiger partial charge in [0.25, 0.3) is 5.91 Å². The van der Waals surface area contributed by atoms with Crippen LogP contribution < -0.4 is 4.90 Å². The van der Waals surface area contributed by atoms with Crippen LogP contribution in [0.15, 0.2) is 41.8 Å². The molecule has 20 heavy (non-hydrogen) atoms. The lowest BCUT2D eigenvalue weighted by atomic mass is 10.2. The maximum absolute atomic E-state index is 12.3. The van der Waals surface area contributed by atoms with Crippen molar-refractivity contribution in [1.29, 1.82) is 0 Å². The van der Waals surface area contributed by atoms with Crippen LogP contribution in [-0.4, -0.2) is 37.0 Å². The molecule has 2 aromatic rings. The number of quaternary nitrogens is 1. The molecule has 1 aromatic carbocycles. The summed E-state index contributed by atoms with van der Waals surface area (Å²) in [5, 5.41) is 2.72. The molecule has 3 nitrogen and oxygen atoms in total. The topological polar surface area (TPSA) is 24.8 Å². The quantitative estimate of drug-likeness (QED) is 0.903. The number of amides is 1. The predicted molar refractivity (Wildman–Crippen MR) is 82.0 cm³/mol. The van der Waals surface area contributed by atoms with Crippen molar-refractivity contribution >= 4 is 34.5 Å². The smallest absolute Gasteiger partial charge is 0.264 e. The molecule has 0 bridgehead atoms. The fourth-order valence-corrected chi connectivity index (χ4v) is 3.41. The van der Waals surface area contributed by atoms with Gasteiger partial charge in [0.15, 0.2) is 0 Å². The number of hydrogen-bond acceptors (Lipinski definition) is 2. The van der Waals surface area contributed by atoms with Crippen LogP contribution in [0.4, 0.5) is 5.69 Å². The third-order valence-electron chi connectivity index (χ3n) is 3.62. The fraction of sp³-hybridized carbons (Fsp3) is 0.267. The van der Waals surface area contributed by atoms with Crippen molar-refractivity contribution in [3.8, 4) is 0 Å². The maximum Gasteiger partial charge on any atom is 0.264 e. The van der Waals surface area contributed by atoms with E-state index in [1.54, 1.807) is 0 Å². The lowest BCUT2D eigenvalue weighted by Crippen LogP contribution is -3.10. The molecule has 1 saturated heterocycles. The third-order valence-corrected chi connectivity index (χ3v) is 4.71. The number of halogens is 1. The molecular formula is C15H16ClN2OS+. The van der Waals surface area contributed by atoms with E-state index in [9.17, 15) is 4.79 Å². The number of benzene rings is 1. The summed E-state index contributed by atoms with van der Waals surface area (Å²) in [4.78, 5) is 16.4. The number of hydrogen-bond donors (Lipinski definition) is 1. The average Bonchev–Trinajstić information content (AvgIpc) is 3.01. The molecule has 1 aliphatic heterocycles. The molecule has 1 amide bonds. The second kappa shape index (κ2) is 5.95. The lowest BCUT2D eigenvalue weighted by Gasteiger charge is -2.31. The molecular weight excluding hydrogens is 292 g/mol. The van der Waals surface area contributed by atoms with Crippen LogP contribution in [0.25, 0.3) is 0 Å². The Morgan fingerprint density at radius 3 is 2.65 bits per heavy atom. The Labute approximate surface area is 127 Å². The van der Waals surface area contributed by atoms with E-state index in [4.69, 9.17) is 11.6 Å². The monoisotopic (exact) mass is 307 g/mol. The molecule has 0 spiro atoms. The second-order valence-electron chi connectivity index (χ2n) is 4.88. The molecule has 0 atom stereocenters. The SMILES string of the molecule is O=C(c1cccs1)N1CC[NH+](c2cccc(Cl)c2)CC1. The van der Waals surface area contributed by atoms with Gasteiger partial charge in [0.1, 0.15) is 5.69 Å². The summed E-state index contributed by atoms with van der Waals surface area (Å²) in [6, 6.07) is 11.8. The van der Waals surface area contributed by atoms with Gasteiger partial charge >= 0.3 is 0 Å². The predicted octanol–water partition coefficient (Wildman–Crippen LogP) is 2.07. The largest absolute Gasteiger partial charge is 0.327 e. The van der Waals surface area contributed by atoms with Crippen molar-refractivity contribution in [3.05, 3.63) is 51.7 Å². The molecule has 1 aromatic heterocycles. The van der Waals surface area contributed by atoms with E-state index in [1.807, 2.05) is 40.6 Å². The van der Waals surface area contributed by atoms with E-state index >= 15 is 0 Å². The minimum atomic E-state index is 0.158. The molecule has 2 heterocycles. The number of nitrogens with zero attached hydrogens (tertiary/aromatic N) is 1. The van der Waals surface area contributed by atoms with Crippen molar-refractivity contribution in [1.82, 2.24) is 4.90 Å². The first kappa shape index (κ1) is 13.6. The van der Waals surface area contributed by atoms with E-state index < -0.39 is 0 Å². The van der Waals surface area contributed by atoms with E-state index in [2.05, 4.69) is 6.07 Å². The van der Waals surface area contributed by atoms with E-state index in [1.165, 1.54) is 21.9 Å². The van der Waals surface area contributed by atoms with E-state index in [0.29, 0.717) is 0 Å². The molecule has 3 rings (SSSR count). The highest BCUT2D eigenvalue weighted by molar-refractivity contribution is 7.12. The summed E-state index contributed by atoms with van der Waals surface area (Å²) in [5.74, 6) is 0.158. The van der Waals surface area contributed by atoms with Gasteiger partial charge in [-0.1, -0.05) is 23.7 Å². The van der Waals surface area contributed by atoms with Crippen molar-refractivity contribution in [3.63, 3.8) is 0 Å². The average molecular weight is 308 g/mol. The Balaban J connectivity index is 1.64. The van der Waals surface area contributed by atoms with Crippen LogP contribution in [0.3, 0.4) is 0 Å². The van der Waals surface area contributed by atoms with Gasteiger partial charge in [0.05, 0.1) is 31.1 Å². The number of carbonyl (C=O) groups is 1. The molecule has 0 unspecified atom stereocenters. The summed E-state index contributed by atoms with van der Waals surface area (Å²) < 4.78 is 0. The highest BCUT2D eigenvalue weighted by Crippen LogP contribution is 2.14. The summed E-state index contributed by atoms with van der Waals surface area (Å²) in [6.45, 7) is 3.44. The summed E-state index contributed by atoms with van der Waals surface area (Å²) in [7, 11) is 0. The van der Waals surface area contributed by atoms with Crippen molar-refractivity contribution in [2.45, 2.75) is 0 Å². The third kappa shape index (κ3) is 2.87. The summed E-state index contributed by atoms with van der Waals surface area (Å²) >= 11 is 7.54. The molecule has 0 aliphatic carbocycles. The van der Waals surface area contributed by atoms with Gasteiger partial charge in [-0.3, -0.25) is 9.69 Å². The normalized spacial score (nSPS) is 16.4. The Morgan fingerprint density at radius 2 is 2.00 bits per heavy atom. The molecule has 1 fully saturated rings. The van der Waals surface area contributed by atoms with Crippen LogP contribution in [0.2, 0.25) is 5.02 Å². The summed E-state index contributed by atoms with van der Waals surface area (Å²) in [5.41, 5.74) is 1.21. The molecule has 5 heteroatoms. The molecule has 1 aliphatic rings. The highest BCUT2D eigenvalue weighted by Gasteiger charge is 2.26. The van der Waals surface area contributed by atoms with Gasteiger partial charge in [-0.05, 0) is 23.6 Å². The number of carbonyl (C=O) groups excluding carboxylic acids is 1. The van der Waals surface area contributed by atoms with Crippen LogP contribution in [0, 0.1) is 0 Å². The van der Waals surface area contributed by atoms with Crippen molar-refractivity contribution in [2.24, 2.45) is 0 Å². The van der Waals surface area contributed by atoms with Crippen LogP contribution in [0.1, 0.15) is 9.67 Å². The standard InChI is InChI=1S/C15H15ClN2OS/c16-12-3-1-4-13(11-12)17-6-8-18(9-7-17)15(19)14-5-2-10-20-14/h1-5,10-11H,6-9H2/p+1. The van der Waals surface area contributed by atoms with Crippen LogP contribution >= 0.6 is 22.9 Å². The molecule has 1 N–H and O–H groups in total. The van der Waals surface area contributed by atoms with Crippen LogP contribution in [0.5, 0.6) is 0 Å². The number of nitrogens with one attached hydrogen (secondary N) is 1. The first-order valence-corrected chi connectivity index (χ1v) is 7.93. The zero-order valence-electron chi connectivity index (χ0n) is 11.0. The van der Waals surface area contributed by atoms with E-state index in [0.717, 1.165) is 36.1 Å². The first-order valence-electron chi connectivity index (χ1n) is 6.67. The Bertz CT molecular complexity index is 592. The molecule has 0 radical (unpaired) electrons. The number of thiophene rings is 1. The van der Waals surface area contributed by atoms with Gasteiger partial charge < -0.3 is 4.90 Å². The Morgan fingerprint density at radius 1 is 1.20 bits per heavy atom. The first-order chi connectivity index (χ1) is 9.74. The van der Waals surface area contributed by atoms with E-state index in [-0.39, 0.29) is 5.91 Å². The molecule has 104 valence electrons. The minimum Gasteiger partial charge on any atom is -0.327 e. The van der Waals surface area contributed by atoms with Gasteiger partial charge in [0, 0.05) is 11.1 Å². The molecule has 0 saturated carbocycles. The zero-order valence-corrected chi connectivity index (χ0v) is 12.6. The summed E-state index contributed by atoms with van der Waals surface area (Å²) in [6.07, 6.45) is 0.